The highest BCUT2D eigenvalue weighted by Gasteiger charge is 2.24. The van der Waals surface area contributed by atoms with E-state index in [0.717, 1.165) is 17.7 Å². The van der Waals surface area contributed by atoms with Crippen LogP contribution in [0.5, 0.6) is 0 Å². The van der Waals surface area contributed by atoms with E-state index in [1.807, 2.05) is 12.1 Å². The van der Waals surface area contributed by atoms with Crippen LogP contribution < -0.4 is 5.32 Å². The smallest absolute Gasteiger partial charge is 0.126 e. The topological polar surface area (TPSA) is 12.0 Å². The van der Waals surface area contributed by atoms with Gasteiger partial charge in [0.2, 0.25) is 0 Å². The Bertz CT molecular complexity index is 335. The summed E-state index contributed by atoms with van der Waals surface area (Å²) in [4.78, 5) is 0. The van der Waals surface area contributed by atoms with Crippen LogP contribution >= 0.6 is 0 Å². The molecule has 1 aromatic rings. The number of hydrogen-bond donors (Lipinski definition) is 1. The summed E-state index contributed by atoms with van der Waals surface area (Å²) in [6.45, 7) is 5.05. The third-order valence-corrected chi connectivity index (χ3v) is 3.09. The third-order valence-electron chi connectivity index (χ3n) is 3.09. The van der Waals surface area contributed by atoms with Crippen molar-refractivity contribution in [1.82, 2.24) is 5.32 Å². The minimum absolute atomic E-state index is 0.0941. The second-order valence-corrected chi connectivity index (χ2v) is 4.21. The van der Waals surface area contributed by atoms with Gasteiger partial charge in [-0.3, -0.25) is 0 Å². The minimum Gasteiger partial charge on any atom is -0.310 e. The van der Waals surface area contributed by atoms with Crippen LogP contribution in [0.25, 0.3) is 0 Å². The third kappa shape index (κ3) is 1.67. The Labute approximate surface area is 84.3 Å². The second-order valence-electron chi connectivity index (χ2n) is 4.21. The number of aryl methyl sites for hydroxylation is 1. The van der Waals surface area contributed by atoms with E-state index in [4.69, 9.17) is 0 Å². The van der Waals surface area contributed by atoms with Crippen LogP contribution in [0.1, 0.15) is 30.5 Å². The van der Waals surface area contributed by atoms with E-state index in [2.05, 4.69) is 12.2 Å². The zero-order valence-corrected chi connectivity index (χ0v) is 8.68. The Balaban J connectivity index is 2.28. The number of halogens is 1. The molecule has 0 radical (unpaired) electrons. The van der Waals surface area contributed by atoms with Gasteiger partial charge in [0.15, 0.2) is 0 Å². The van der Waals surface area contributed by atoms with Crippen molar-refractivity contribution < 1.29 is 4.39 Å². The Morgan fingerprint density at radius 2 is 2.21 bits per heavy atom. The Kier molecular flexibility index (Phi) is 2.55. The minimum atomic E-state index is -0.0941. The van der Waals surface area contributed by atoms with Crippen molar-refractivity contribution in [3.63, 3.8) is 0 Å². The zero-order chi connectivity index (χ0) is 10.1. The van der Waals surface area contributed by atoms with Gasteiger partial charge in [-0.2, -0.15) is 0 Å². The van der Waals surface area contributed by atoms with E-state index < -0.39 is 0 Å². The van der Waals surface area contributed by atoms with Gasteiger partial charge < -0.3 is 5.32 Å². The lowest BCUT2D eigenvalue weighted by Crippen LogP contribution is -2.16. The molecule has 2 rings (SSSR count). The first-order valence-corrected chi connectivity index (χ1v) is 5.18. The van der Waals surface area contributed by atoms with Crippen molar-refractivity contribution >= 4 is 0 Å². The van der Waals surface area contributed by atoms with E-state index in [0.29, 0.717) is 12.0 Å². The lowest BCUT2D eigenvalue weighted by atomic mass is 9.95. The maximum atomic E-state index is 13.3. The maximum Gasteiger partial charge on any atom is 0.126 e. The second kappa shape index (κ2) is 3.70. The van der Waals surface area contributed by atoms with Crippen molar-refractivity contribution in [1.29, 1.82) is 0 Å². The fourth-order valence-corrected chi connectivity index (χ4v) is 2.08. The fourth-order valence-electron chi connectivity index (χ4n) is 2.08. The highest BCUT2D eigenvalue weighted by molar-refractivity contribution is 5.26. The molecule has 0 aliphatic carbocycles. The standard InChI is InChI=1S/C12H16FN/c1-8-3-4-10(7-11(8)13)12-9(2)5-6-14-12/h3-4,7,9,12,14H,5-6H2,1-2H3. The van der Waals surface area contributed by atoms with E-state index in [1.165, 1.54) is 6.42 Å². The van der Waals surface area contributed by atoms with E-state index in [9.17, 15) is 4.39 Å². The molecule has 1 nitrogen and oxygen atoms in total. The summed E-state index contributed by atoms with van der Waals surface area (Å²) >= 11 is 0. The first-order valence-electron chi connectivity index (χ1n) is 5.18. The number of hydrogen-bond acceptors (Lipinski definition) is 1. The molecule has 0 saturated carbocycles. The molecule has 1 N–H and O–H groups in total. The molecule has 0 aromatic heterocycles. The summed E-state index contributed by atoms with van der Waals surface area (Å²) in [6, 6.07) is 5.88. The predicted octanol–water partition coefficient (Wildman–Crippen LogP) is 2.80. The summed E-state index contributed by atoms with van der Waals surface area (Å²) < 4.78 is 13.3. The van der Waals surface area contributed by atoms with Crippen molar-refractivity contribution in [2.45, 2.75) is 26.3 Å². The molecule has 1 aliphatic heterocycles. The first kappa shape index (κ1) is 9.66. The average molecular weight is 193 g/mol. The van der Waals surface area contributed by atoms with Gasteiger partial charge in [-0.25, -0.2) is 4.39 Å². The average Bonchev–Trinajstić information content (AvgIpc) is 2.57. The zero-order valence-electron chi connectivity index (χ0n) is 8.68. The molecular weight excluding hydrogens is 177 g/mol. The molecule has 2 heteroatoms. The van der Waals surface area contributed by atoms with Crippen molar-refractivity contribution in [3.05, 3.63) is 35.1 Å². The van der Waals surface area contributed by atoms with Gasteiger partial charge in [0, 0.05) is 6.04 Å². The van der Waals surface area contributed by atoms with Crippen molar-refractivity contribution in [2.75, 3.05) is 6.54 Å². The highest BCUT2D eigenvalue weighted by Crippen LogP contribution is 2.29. The van der Waals surface area contributed by atoms with Gasteiger partial charge in [0.25, 0.3) is 0 Å². The molecule has 1 aromatic carbocycles. The summed E-state index contributed by atoms with van der Waals surface area (Å²) in [7, 11) is 0. The Morgan fingerprint density at radius 1 is 1.43 bits per heavy atom. The number of benzene rings is 1. The van der Waals surface area contributed by atoms with Gasteiger partial charge in [-0.1, -0.05) is 19.1 Å². The van der Waals surface area contributed by atoms with Crippen LogP contribution in [0, 0.1) is 18.7 Å². The van der Waals surface area contributed by atoms with Gasteiger partial charge in [-0.05, 0) is 43.0 Å². The monoisotopic (exact) mass is 193 g/mol. The molecule has 14 heavy (non-hydrogen) atoms. The molecular formula is C12H16FN. The van der Waals surface area contributed by atoms with Crippen LogP contribution in [0.15, 0.2) is 18.2 Å². The quantitative estimate of drug-likeness (QED) is 0.723. The summed E-state index contributed by atoms with van der Waals surface area (Å²) in [6.07, 6.45) is 1.18. The first-order chi connectivity index (χ1) is 6.68. The van der Waals surface area contributed by atoms with Crippen molar-refractivity contribution in [3.8, 4) is 0 Å². The van der Waals surface area contributed by atoms with Crippen molar-refractivity contribution in [2.24, 2.45) is 5.92 Å². The van der Waals surface area contributed by atoms with Crippen LogP contribution in [0.4, 0.5) is 4.39 Å². The molecule has 1 heterocycles. The lowest BCUT2D eigenvalue weighted by molar-refractivity contribution is 0.499. The molecule has 2 unspecified atom stereocenters. The highest BCUT2D eigenvalue weighted by atomic mass is 19.1. The van der Waals surface area contributed by atoms with Crippen LogP contribution in [0.3, 0.4) is 0 Å². The molecule has 0 spiro atoms. The summed E-state index contributed by atoms with van der Waals surface area (Å²) in [5.74, 6) is 0.514. The molecule has 1 saturated heterocycles. The molecule has 2 atom stereocenters. The Hall–Kier alpha value is -0.890. The molecule has 76 valence electrons. The van der Waals surface area contributed by atoms with Crippen LogP contribution in [0.2, 0.25) is 0 Å². The van der Waals surface area contributed by atoms with Gasteiger partial charge in [-0.15, -0.1) is 0 Å². The maximum absolute atomic E-state index is 13.3. The Morgan fingerprint density at radius 3 is 2.79 bits per heavy atom. The van der Waals surface area contributed by atoms with Gasteiger partial charge >= 0.3 is 0 Å². The van der Waals surface area contributed by atoms with Crippen LogP contribution in [-0.2, 0) is 0 Å². The van der Waals surface area contributed by atoms with Gasteiger partial charge in [0.05, 0.1) is 0 Å². The van der Waals surface area contributed by atoms with E-state index in [-0.39, 0.29) is 5.82 Å². The molecule has 1 fully saturated rings. The summed E-state index contributed by atoms with van der Waals surface area (Å²) in [5, 5.41) is 3.40. The SMILES string of the molecule is Cc1ccc(C2NCCC2C)cc1F. The van der Waals surface area contributed by atoms with E-state index in [1.54, 1.807) is 13.0 Å². The largest absolute Gasteiger partial charge is 0.310 e. The summed E-state index contributed by atoms with van der Waals surface area (Å²) in [5.41, 5.74) is 1.80. The van der Waals surface area contributed by atoms with Crippen LogP contribution in [-0.4, -0.2) is 6.54 Å². The predicted molar refractivity (Wildman–Crippen MR) is 55.7 cm³/mol. The lowest BCUT2D eigenvalue weighted by Gasteiger charge is -2.16. The number of rotatable bonds is 1. The molecule has 1 aliphatic rings. The fraction of sp³-hybridized carbons (Fsp3) is 0.500. The van der Waals surface area contributed by atoms with Gasteiger partial charge in [0.1, 0.15) is 5.82 Å². The normalized spacial score (nSPS) is 26.8. The molecule has 0 bridgehead atoms. The van der Waals surface area contributed by atoms with E-state index >= 15 is 0 Å². The molecule has 0 amide bonds. The number of nitrogens with one attached hydrogen (secondary N) is 1.